The number of esters is 3. The largest absolute Gasteiger partial charge is 0.459 e. The van der Waals surface area contributed by atoms with Gasteiger partial charge in [0.05, 0.1) is 22.8 Å². The zero-order chi connectivity index (χ0) is 43.4. The van der Waals surface area contributed by atoms with E-state index >= 15 is 0 Å². The molecule has 5 unspecified atom stereocenters. The molecule has 332 valence electrons. The zero-order valence-electron chi connectivity index (χ0n) is 37.5. The highest BCUT2D eigenvalue weighted by molar-refractivity contribution is 5.90. The summed E-state index contributed by atoms with van der Waals surface area (Å²) in [6, 6.07) is 26.2. The number of rotatable bonds is 14. The van der Waals surface area contributed by atoms with E-state index in [0.717, 1.165) is 55.3 Å². The second-order valence-electron chi connectivity index (χ2n) is 20.1. The first-order chi connectivity index (χ1) is 29.9. The SMILES string of the molecule is CC(C)CCCC(C)[C@H]1CCC2C3CC=C4C[C@@H](OC5C[C@@H](OC(=O)c6ccccc6)[C@H](OC(=O)c6ccccc6)[C@@H](COC(=O)c6ccccc6)O5)CC[C@]4(C)C3CC[C@@]21C. The Morgan fingerprint density at radius 3 is 2.00 bits per heavy atom. The molecule has 8 heteroatoms. The average Bonchev–Trinajstić information content (AvgIpc) is 3.64. The maximum Gasteiger partial charge on any atom is 0.338 e. The van der Waals surface area contributed by atoms with Gasteiger partial charge in [-0.15, -0.1) is 0 Å². The Labute approximate surface area is 369 Å². The van der Waals surface area contributed by atoms with Crippen molar-refractivity contribution in [3.8, 4) is 0 Å². The van der Waals surface area contributed by atoms with Gasteiger partial charge in [-0.25, -0.2) is 14.4 Å². The van der Waals surface area contributed by atoms with Crippen molar-refractivity contribution in [1.82, 2.24) is 0 Å². The summed E-state index contributed by atoms with van der Waals surface area (Å²) in [6.07, 6.45) is 12.2. The molecular formula is C54H68O8. The topological polar surface area (TPSA) is 97.4 Å². The van der Waals surface area contributed by atoms with Crippen LogP contribution in [0.1, 0.15) is 143 Å². The third kappa shape index (κ3) is 9.48. The first-order valence-corrected chi connectivity index (χ1v) is 23.7. The standard InChI is InChI=1S/C54H68O8/c1-35(2)16-15-17-36(3)43-26-27-44-42-25-24-40-32-41(28-30-53(40,4)45(42)29-31-54(43,44)5)59-48-33-46(61-51(56)38-20-11-7-12-21-38)49(62-52(57)39-22-13-8-14-23-39)47(60-48)34-58-50(55)37-18-9-6-10-19-37/h6-14,18-24,35-36,41-49H,15-17,25-34H2,1-5H3/t36?,41-,42?,43+,44?,45?,46+,47+,48?,49-,53-,54+/m0/s1. The molecular weight excluding hydrogens is 777 g/mol. The van der Waals surface area contributed by atoms with Gasteiger partial charge in [0.2, 0.25) is 0 Å². The molecule has 3 aromatic carbocycles. The molecule has 0 amide bonds. The predicted molar refractivity (Wildman–Crippen MR) is 239 cm³/mol. The van der Waals surface area contributed by atoms with Gasteiger partial charge in [-0.1, -0.05) is 120 Å². The Morgan fingerprint density at radius 1 is 0.726 bits per heavy atom. The van der Waals surface area contributed by atoms with Crippen molar-refractivity contribution in [3.63, 3.8) is 0 Å². The summed E-state index contributed by atoms with van der Waals surface area (Å²) in [5.41, 5.74) is 3.21. The predicted octanol–water partition coefficient (Wildman–Crippen LogP) is 11.8. The van der Waals surface area contributed by atoms with Crippen LogP contribution in [0.15, 0.2) is 103 Å². The van der Waals surface area contributed by atoms with Crippen LogP contribution in [0, 0.1) is 46.3 Å². The Hall–Kier alpha value is -4.27. The fourth-order valence-corrected chi connectivity index (χ4v) is 12.7. The highest BCUT2D eigenvalue weighted by atomic mass is 16.7. The second kappa shape index (κ2) is 19.2. The van der Waals surface area contributed by atoms with Crippen molar-refractivity contribution in [1.29, 1.82) is 0 Å². The number of carbonyl (C=O) groups is 3. The van der Waals surface area contributed by atoms with Crippen LogP contribution >= 0.6 is 0 Å². The molecule has 0 radical (unpaired) electrons. The monoisotopic (exact) mass is 844 g/mol. The molecule has 8 nitrogen and oxygen atoms in total. The van der Waals surface area contributed by atoms with E-state index in [-0.39, 0.29) is 24.5 Å². The van der Waals surface area contributed by atoms with Gasteiger partial charge in [0, 0.05) is 6.42 Å². The van der Waals surface area contributed by atoms with Gasteiger partial charge in [-0.05, 0) is 134 Å². The van der Waals surface area contributed by atoms with E-state index in [1.165, 1.54) is 50.5 Å². The molecule has 62 heavy (non-hydrogen) atoms. The minimum absolute atomic E-state index is 0.103. The van der Waals surface area contributed by atoms with Crippen molar-refractivity contribution in [3.05, 3.63) is 119 Å². The van der Waals surface area contributed by atoms with Crippen LogP contribution in [0.5, 0.6) is 0 Å². The average molecular weight is 845 g/mol. The highest BCUT2D eigenvalue weighted by Crippen LogP contribution is 2.67. The van der Waals surface area contributed by atoms with Crippen LogP contribution in [0.3, 0.4) is 0 Å². The van der Waals surface area contributed by atoms with Crippen LogP contribution < -0.4 is 0 Å². The summed E-state index contributed by atoms with van der Waals surface area (Å²) >= 11 is 0. The molecule has 0 bridgehead atoms. The summed E-state index contributed by atoms with van der Waals surface area (Å²) < 4.78 is 31.6. The Bertz CT molecular complexity index is 2020. The molecule has 1 saturated heterocycles. The maximum absolute atomic E-state index is 13.6. The van der Waals surface area contributed by atoms with Crippen molar-refractivity contribution < 1.29 is 38.1 Å². The number of allylic oxidation sites excluding steroid dienone is 1. The van der Waals surface area contributed by atoms with Crippen molar-refractivity contribution >= 4 is 17.9 Å². The quantitative estimate of drug-likeness (QED) is 0.0899. The Morgan fingerprint density at radius 2 is 1.35 bits per heavy atom. The van der Waals surface area contributed by atoms with Gasteiger partial charge in [0.25, 0.3) is 0 Å². The van der Waals surface area contributed by atoms with E-state index in [0.29, 0.717) is 28.0 Å². The summed E-state index contributed by atoms with van der Waals surface area (Å²) in [4.78, 5) is 40.5. The van der Waals surface area contributed by atoms with Crippen LogP contribution in [-0.4, -0.2) is 55.2 Å². The number of ether oxygens (including phenoxy) is 5. The van der Waals surface area contributed by atoms with E-state index in [4.69, 9.17) is 23.7 Å². The van der Waals surface area contributed by atoms with Gasteiger partial charge in [0.15, 0.2) is 12.4 Å². The van der Waals surface area contributed by atoms with E-state index < -0.39 is 42.5 Å². The molecule has 5 aliphatic rings. The summed E-state index contributed by atoms with van der Waals surface area (Å²) in [5.74, 6) is 2.95. The molecule has 0 spiro atoms. The van der Waals surface area contributed by atoms with Gasteiger partial charge >= 0.3 is 17.9 Å². The first-order valence-electron chi connectivity index (χ1n) is 23.7. The molecule has 8 rings (SSSR count). The van der Waals surface area contributed by atoms with E-state index in [2.05, 4.69) is 40.7 Å². The lowest BCUT2D eigenvalue weighted by atomic mass is 9.47. The van der Waals surface area contributed by atoms with E-state index in [1.54, 1.807) is 72.8 Å². The molecule has 0 aromatic heterocycles. The Kier molecular flexibility index (Phi) is 13.8. The molecule has 1 heterocycles. The fraction of sp³-hybridized carbons (Fsp3) is 0.574. The lowest BCUT2D eigenvalue weighted by Gasteiger charge is -2.58. The molecule has 4 aliphatic carbocycles. The van der Waals surface area contributed by atoms with Crippen molar-refractivity contribution in [2.75, 3.05) is 6.61 Å². The summed E-state index contributed by atoms with van der Waals surface area (Å²) in [6.45, 7) is 12.2. The third-order valence-electron chi connectivity index (χ3n) is 16.0. The number of hydrogen-bond acceptors (Lipinski definition) is 8. The minimum atomic E-state index is -1.08. The number of hydrogen-bond donors (Lipinski definition) is 0. The van der Waals surface area contributed by atoms with Crippen LogP contribution in [0.2, 0.25) is 0 Å². The van der Waals surface area contributed by atoms with Gasteiger partial charge in [0.1, 0.15) is 18.8 Å². The molecule has 4 fully saturated rings. The molecule has 0 N–H and O–H groups in total. The second-order valence-corrected chi connectivity index (χ2v) is 20.1. The third-order valence-corrected chi connectivity index (χ3v) is 16.0. The highest BCUT2D eigenvalue weighted by Gasteiger charge is 2.59. The molecule has 12 atom stereocenters. The molecule has 3 saturated carbocycles. The van der Waals surface area contributed by atoms with Gasteiger partial charge in [-0.2, -0.15) is 0 Å². The van der Waals surface area contributed by atoms with Crippen molar-refractivity contribution in [2.24, 2.45) is 46.3 Å². The normalized spacial score (nSPS) is 33.3. The van der Waals surface area contributed by atoms with E-state index in [9.17, 15) is 14.4 Å². The van der Waals surface area contributed by atoms with Crippen LogP contribution in [0.4, 0.5) is 0 Å². The number of benzene rings is 3. The zero-order valence-corrected chi connectivity index (χ0v) is 37.5. The smallest absolute Gasteiger partial charge is 0.338 e. The lowest BCUT2D eigenvalue weighted by molar-refractivity contribution is -0.270. The van der Waals surface area contributed by atoms with Crippen LogP contribution in [0.25, 0.3) is 0 Å². The van der Waals surface area contributed by atoms with E-state index in [1.807, 2.05) is 18.2 Å². The fourth-order valence-electron chi connectivity index (χ4n) is 12.7. The molecule has 1 aliphatic heterocycles. The lowest BCUT2D eigenvalue weighted by Crippen LogP contribution is -2.55. The van der Waals surface area contributed by atoms with Gasteiger partial charge < -0.3 is 23.7 Å². The van der Waals surface area contributed by atoms with Gasteiger partial charge in [-0.3, -0.25) is 0 Å². The minimum Gasteiger partial charge on any atom is -0.459 e. The first kappa shape index (κ1) is 44.3. The maximum atomic E-state index is 13.6. The Balaban J connectivity index is 0.988. The summed E-state index contributed by atoms with van der Waals surface area (Å²) in [5, 5.41) is 0. The number of carbonyl (C=O) groups excluding carboxylic acids is 3. The molecule has 3 aromatic rings. The summed E-state index contributed by atoms with van der Waals surface area (Å²) in [7, 11) is 0. The van der Waals surface area contributed by atoms with Crippen LogP contribution in [-0.2, 0) is 23.7 Å². The van der Waals surface area contributed by atoms with Crippen molar-refractivity contribution in [2.45, 2.75) is 142 Å². The number of fused-ring (bicyclic) bond motifs is 5.